The van der Waals surface area contributed by atoms with Crippen LogP contribution in [0.5, 0.6) is 81.9 Å². The third-order valence-corrected chi connectivity index (χ3v) is 21.8. The van der Waals surface area contributed by atoms with Gasteiger partial charge in [-0.3, -0.25) is 9.97 Å². The van der Waals surface area contributed by atoms with Gasteiger partial charge in [-0.2, -0.15) is 45.1 Å². The zero-order valence-electron chi connectivity index (χ0n) is 68.3. The number of hydrogen-bond acceptors (Lipinski definition) is 30. The maximum atomic E-state index is 9.21. The Labute approximate surface area is 707 Å². The first-order valence-electron chi connectivity index (χ1n) is 39.8. The molecule has 0 bridgehead atoms. The van der Waals surface area contributed by atoms with E-state index in [4.69, 9.17) is 53.8 Å². The number of nitriles is 1. The topological polar surface area (TPSA) is 376 Å². The first-order chi connectivity index (χ1) is 60.1. The maximum absolute atomic E-state index is 9.21. The highest BCUT2D eigenvalue weighted by Crippen LogP contribution is 2.55. The van der Waals surface area contributed by atoms with Gasteiger partial charge in [0.15, 0.2) is 29.2 Å². The molecule has 1 saturated carbocycles. The summed E-state index contributed by atoms with van der Waals surface area (Å²) >= 11 is 0. The minimum Gasteiger partial charge on any atom is -0.435 e. The molecule has 2 unspecified atom stereocenters. The molecule has 2 atom stereocenters. The van der Waals surface area contributed by atoms with Crippen LogP contribution in [0.1, 0.15) is 80.8 Å². The minimum atomic E-state index is 0.197. The fourth-order valence-corrected chi connectivity index (χ4v) is 15.8. The maximum Gasteiger partial charge on any atom is 0.325 e. The van der Waals surface area contributed by atoms with E-state index in [9.17, 15) is 5.26 Å². The van der Waals surface area contributed by atoms with Crippen LogP contribution in [0.25, 0.3) is 44.5 Å². The van der Waals surface area contributed by atoms with Crippen LogP contribution in [0.2, 0.25) is 0 Å². The number of aromatic nitrogens is 17. The molecule has 123 heavy (non-hydrogen) atoms. The highest BCUT2D eigenvalue weighted by atomic mass is 16.5. The van der Waals surface area contributed by atoms with Crippen molar-refractivity contribution in [3.8, 4) is 133 Å². The summed E-state index contributed by atoms with van der Waals surface area (Å²) < 4.78 is 43.9. The summed E-state index contributed by atoms with van der Waals surface area (Å²) in [6, 6.07) is 46.1. The fraction of sp³-hybridized carbons (Fsp3) is 0.196. The van der Waals surface area contributed by atoms with Crippen molar-refractivity contribution in [2.45, 2.75) is 65.3 Å². The van der Waals surface area contributed by atoms with Crippen LogP contribution >= 0.6 is 0 Å². The zero-order valence-corrected chi connectivity index (χ0v) is 68.3. The van der Waals surface area contributed by atoms with Crippen molar-refractivity contribution in [3.05, 3.63) is 276 Å². The van der Waals surface area contributed by atoms with Crippen LogP contribution < -0.4 is 69.6 Å². The van der Waals surface area contributed by atoms with E-state index in [1.54, 1.807) is 86.1 Å². The lowest BCUT2D eigenvalue weighted by Crippen LogP contribution is -2.25. The molecule has 1 saturated heterocycles. The number of pyridine rings is 3. The number of rotatable bonds is 19. The highest BCUT2D eigenvalue weighted by molar-refractivity contribution is 5.90. The summed E-state index contributed by atoms with van der Waals surface area (Å²) in [5.74, 6) is 7.26. The van der Waals surface area contributed by atoms with Gasteiger partial charge < -0.3 is 65.1 Å². The number of ether oxygens (including phenoxy) is 7. The number of nitrogens with zero attached hydrogens (tertiary/aromatic N) is 19. The lowest BCUT2D eigenvalue weighted by atomic mass is 10.0. The SMILES string of the molecule is CNc1cccc2c1Cc1nc(Oc3ccc(C)nc3)nc(Oc3cnc(C)nc3)c1-2.CNc1cccc2c1Cc1nc(Oc3ccc[n+](C)c3)nc(Oc3cnc(C)nc3)c1-2.CNc1cccc2c1Cc1nc(Oc3cccc(C#N)c3)nc(N3CCC4(CC4N)C3)c1-2.CNc1cccc2c1Cc1nc(Oc3cccnc3)nc(Oc3cncnc3)c1-2. The second-order valence-corrected chi connectivity index (χ2v) is 29.8. The van der Waals surface area contributed by atoms with Gasteiger partial charge in [0.05, 0.1) is 101 Å². The third kappa shape index (κ3) is 16.5. The van der Waals surface area contributed by atoms with Gasteiger partial charge in [-0.25, -0.2) is 34.5 Å². The van der Waals surface area contributed by atoms with Crippen LogP contribution in [0.3, 0.4) is 0 Å². The first-order valence-corrected chi connectivity index (χ1v) is 39.8. The van der Waals surface area contributed by atoms with E-state index in [0.29, 0.717) is 100 Å². The van der Waals surface area contributed by atoms with E-state index in [-0.39, 0.29) is 29.5 Å². The Morgan fingerprint density at radius 2 is 0.854 bits per heavy atom. The third-order valence-electron chi connectivity index (χ3n) is 21.8. The first kappa shape index (κ1) is 78.3. The van der Waals surface area contributed by atoms with Crippen LogP contribution in [0.15, 0.2) is 208 Å². The predicted octanol–water partition coefficient (Wildman–Crippen LogP) is 15.6. The van der Waals surface area contributed by atoms with Crippen molar-refractivity contribution >= 4 is 28.6 Å². The quantitative estimate of drug-likeness (QED) is 0.0469. The Hall–Kier alpha value is -15.8. The van der Waals surface area contributed by atoms with Gasteiger partial charge in [0.1, 0.15) is 48.1 Å². The monoisotopic (exact) mass is 1630 g/mol. The standard InChI is InChI=1S/C25H24N6O.C23H21N6O2.C23H20N6O2.C21H16N6O2/c1-28-19-7-3-6-17-18(19)11-20-22(17)23(31-9-8-25(14-31)12-21(25)27)30-24(29-20)32-16-5-2-4-15(10-16)13-26;1-14-25-11-16(12-26-14)30-22-21-17-7-4-8-19(24-2)18(17)10-20(21)27-23(28-22)31-15-6-5-9-29(3)13-15;1-13-7-8-15(10-25-13)31-23-28-20-9-18-17(5-4-6-19(18)24-3)21(20)22(29-23)30-16-11-26-14(2)27-12-16;1-22-17-6-2-5-15-16(17)8-18-19(15)20(28-14-10-24-12-25-11-14)27-21(26-18)29-13-4-3-7-23-9-13/h2-7,10,21,28H,8-9,11-12,14,27H2,1H3;4-9,11-13,24H,10H2,1-3H3;4-8,10-12,24H,9H2,1-3H3;2-7,9-12,22H,8H2,1H3/q;+1;;. The highest BCUT2D eigenvalue weighted by Gasteiger charge is 2.56. The van der Waals surface area contributed by atoms with E-state index in [2.05, 4.69) is 121 Å². The molecule has 5 aromatic carbocycles. The largest absolute Gasteiger partial charge is 0.435 e. The molecule has 11 heterocycles. The Balaban J connectivity index is 0.000000112. The summed E-state index contributed by atoms with van der Waals surface area (Å²) in [5.41, 5.74) is 28.3. The van der Waals surface area contributed by atoms with Crippen LogP contribution in [-0.4, -0.2) is 127 Å². The Morgan fingerprint density at radius 3 is 1.29 bits per heavy atom. The van der Waals surface area contributed by atoms with Crippen molar-refractivity contribution < 1.29 is 37.7 Å². The number of aryl methyl sites for hydroxylation is 4. The van der Waals surface area contributed by atoms with E-state index in [1.165, 1.54) is 17.5 Å². The fourth-order valence-electron chi connectivity index (χ4n) is 15.8. The number of hydrogen-bond donors (Lipinski definition) is 5. The number of nitrogens with one attached hydrogen (secondary N) is 4. The molecule has 2 fully saturated rings. The van der Waals surface area contributed by atoms with Crippen molar-refractivity contribution in [1.29, 1.82) is 5.26 Å². The van der Waals surface area contributed by atoms with Gasteiger partial charge in [0.25, 0.3) is 0 Å². The second kappa shape index (κ2) is 33.9. The lowest BCUT2D eigenvalue weighted by Gasteiger charge is -2.22. The van der Waals surface area contributed by atoms with E-state index in [1.807, 2.05) is 152 Å². The molecule has 31 nitrogen and oxygen atoms in total. The molecule has 5 aliphatic carbocycles. The minimum absolute atomic E-state index is 0.197. The zero-order chi connectivity index (χ0) is 84.2. The van der Waals surface area contributed by atoms with Crippen molar-refractivity contribution in [3.63, 3.8) is 0 Å². The average molecular weight is 1630 g/mol. The van der Waals surface area contributed by atoms with Gasteiger partial charge in [-0.05, 0) is 151 Å². The summed E-state index contributed by atoms with van der Waals surface area (Å²) in [5, 5.41) is 22.3. The Kier molecular flexibility index (Phi) is 21.6. The lowest BCUT2D eigenvalue weighted by molar-refractivity contribution is -0.671. The van der Waals surface area contributed by atoms with Crippen molar-refractivity contribution in [2.75, 3.05) is 67.4 Å². The van der Waals surface area contributed by atoms with Gasteiger partial charge in [0.2, 0.25) is 23.8 Å². The van der Waals surface area contributed by atoms with Crippen LogP contribution in [0.4, 0.5) is 28.6 Å². The molecule has 0 amide bonds. The molecule has 21 rings (SSSR count). The van der Waals surface area contributed by atoms with Gasteiger partial charge >= 0.3 is 24.0 Å². The number of fused-ring (bicyclic) bond motifs is 12. The molecule has 31 heteroatoms. The Bertz CT molecular complexity index is 6550. The summed E-state index contributed by atoms with van der Waals surface area (Å²) in [7, 11) is 9.60. The van der Waals surface area contributed by atoms with Crippen molar-refractivity contribution in [2.24, 2.45) is 18.2 Å². The predicted molar refractivity (Wildman–Crippen MR) is 459 cm³/mol. The Morgan fingerprint density at radius 1 is 0.439 bits per heavy atom. The molecule has 10 aromatic heterocycles. The van der Waals surface area contributed by atoms with E-state index >= 15 is 0 Å². The van der Waals surface area contributed by atoms with Gasteiger partial charge in [-0.15, -0.1) is 0 Å². The van der Waals surface area contributed by atoms with E-state index < -0.39 is 0 Å². The molecule has 6 N–H and O–H groups in total. The van der Waals surface area contributed by atoms with E-state index in [0.717, 1.165) is 145 Å². The number of anilines is 5. The molecule has 610 valence electrons. The number of benzene rings is 5. The second-order valence-electron chi connectivity index (χ2n) is 29.8. The molecular weight excluding hydrogens is 1550 g/mol. The smallest absolute Gasteiger partial charge is 0.325 e. The van der Waals surface area contributed by atoms with Crippen molar-refractivity contribution in [1.82, 2.24) is 79.7 Å². The molecule has 0 radical (unpaired) electrons. The molecule has 15 aromatic rings. The molecular formula is C92H81N24O7+. The number of nitrogens with two attached hydrogens (primary N) is 1. The molecule has 6 aliphatic rings. The summed E-state index contributed by atoms with van der Waals surface area (Å²) in [6.07, 6.45) is 24.7. The normalized spacial score (nSPS) is 14.4. The molecule has 1 spiro atoms. The summed E-state index contributed by atoms with van der Waals surface area (Å²) in [4.78, 5) is 73.0. The van der Waals surface area contributed by atoms with Gasteiger partial charge in [0, 0.05) is 125 Å². The van der Waals surface area contributed by atoms with Gasteiger partial charge in [-0.1, -0.05) is 54.6 Å². The molecule has 1 aliphatic heterocycles. The summed E-state index contributed by atoms with van der Waals surface area (Å²) in [6.45, 7) is 7.42. The van der Waals surface area contributed by atoms with Crippen LogP contribution in [0, 0.1) is 37.5 Å². The van der Waals surface area contributed by atoms with Crippen LogP contribution in [-0.2, 0) is 32.7 Å². The average Bonchev–Trinajstić information content (AvgIpc) is 1.56.